The Morgan fingerprint density at radius 2 is 2.07 bits per heavy atom. The number of carbonyl (C=O) groups excluding carboxylic acids is 2. The van der Waals surface area contributed by atoms with Crippen LogP contribution in [0.5, 0.6) is 0 Å². The number of thioether (sulfide) groups is 1. The van der Waals surface area contributed by atoms with Crippen molar-refractivity contribution in [1.82, 2.24) is 4.90 Å². The normalized spacial score (nSPS) is 17.8. The van der Waals surface area contributed by atoms with Crippen LogP contribution in [0.4, 0.5) is 11.4 Å². The second kappa shape index (κ2) is 7.17. The molecule has 0 fully saturated rings. The predicted octanol–water partition coefficient (Wildman–Crippen LogP) is 3.69. The number of hydrogen-bond donors (Lipinski definition) is 1. The highest BCUT2D eigenvalue weighted by Gasteiger charge is 2.39. The van der Waals surface area contributed by atoms with Crippen molar-refractivity contribution in [2.75, 3.05) is 11.1 Å². The summed E-state index contributed by atoms with van der Waals surface area (Å²) in [4.78, 5) is 35.4. The van der Waals surface area contributed by atoms with Gasteiger partial charge >= 0.3 is 0 Å². The van der Waals surface area contributed by atoms with Crippen molar-refractivity contribution in [3.05, 3.63) is 59.1 Å². The lowest BCUT2D eigenvalue weighted by atomic mass is 10.1. The van der Waals surface area contributed by atoms with Crippen molar-refractivity contribution < 1.29 is 9.59 Å². The Morgan fingerprint density at radius 3 is 2.89 bits per heavy atom. The van der Waals surface area contributed by atoms with Crippen LogP contribution in [-0.2, 0) is 9.59 Å². The number of halogens is 1. The van der Waals surface area contributed by atoms with Gasteiger partial charge in [-0.25, -0.2) is 9.89 Å². The van der Waals surface area contributed by atoms with Crippen LogP contribution in [-0.4, -0.2) is 39.5 Å². The fraction of sp³-hybridized carbons (Fsp3) is 0.158. The van der Waals surface area contributed by atoms with Gasteiger partial charge in [-0.05, 0) is 37.3 Å². The van der Waals surface area contributed by atoms with Crippen LogP contribution in [0.25, 0.3) is 0 Å². The standard InChI is InChI=1S/C19H15ClN4O2S/c1-11-18(26)24-17(21-11)14-7-2-3-8-15(14)23-19(24)27-10-16(25)22-13-6-4-5-12(20)9-13/h2-9,11H,10H2,1H3,(H,22,25). The lowest BCUT2D eigenvalue weighted by Crippen LogP contribution is -2.41. The maximum absolute atomic E-state index is 12.5. The number of para-hydroxylation sites is 1. The van der Waals surface area contributed by atoms with Gasteiger partial charge in [0.2, 0.25) is 5.91 Å². The minimum atomic E-state index is -0.461. The maximum atomic E-state index is 12.5. The van der Waals surface area contributed by atoms with E-state index in [0.29, 0.717) is 21.7 Å². The maximum Gasteiger partial charge on any atom is 0.258 e. The number of anilines is 1. The zero-order valence-corrected chi connectivity index (χ0v) is 15.9. The molecule has 0 spiro atoms. The number of nitrogens with one attached hydrogen (secondary N) is 1. The largest absolute Gasteiger partial charge is 0.325 e. The van der Waals surface area contributed by atoms with Crippen molar-refractivity contribution >= 4 is 57.6 Å². The number of carbonyl (C=O) groups is 2. The molecule has 2 heterocycles. The third-order valence-corrected chi connectivity index (χ3v) is 5.27. The third-order valence-electron chi connectivity index (χ3n) is 4.10. The number of fused-ring (bicyclic) bond motifs is 3. The number of aliphatic imine (C=N–C) groups is 2. The van der Waals surface area contributed by atoms with Gasteiger partial charge in [-0.3, -0.25) is 14.6 Å². The van der Waals surface area contributed by atoms with Crippen molar-refractivity contribution in [1.29, 1.82) is 0 Å². The van der Waals surface area contributed by atoms with E-state index in [2.05, 4.69) is 15.3 Å². The van der Waals surface area contributed by atoms with Gasteiger partial charge in [0, 0.05) is 16.3 Å². The summed E-state index contributed by atoms with van der Waals surface area (Å²) in [6.45, 7) is 1.75. The van der Waals surface area contributed by atoms with Gasteiger partial charge in [-0.2, -0.15) is 0 Å². The van der Waals surface area contributed by atoms with Crippen molar-refractivity contribution in [3.63, 3.8) is 0 Å². The topological polar surface area (TPSA) is 74.1 Å². The van der Waals surface area contributed by atoms with Crippen LogP contribution in [0.1, 0.15) is 12.5 Å². The molecule has 1 unspecified atom stereocenters. The lowest BCUT2D eigenvalue weighted by molar-refractivity contribution is -0.124. The molecular formula is C19H15ClN4O2S. The Kier molecular flexibility index (Phi) is 4.72. The van der Waals surface area contributed by atoms with Crippen LogP contribution < -0.4 is 5.32 Å². The van der Waals surface area contributed by atoms with Crippen molar-refractivity contribution in [2.24, 2.45) is 9.98 Å². The highest BCUT2D eigenvalue weighted by atomic mass is 35.5. The van der Waals surface area contributed by atoms with E-state index >= 15 is 0 Å². The Balaban J connectivity index is 1.53. The molecule has 2 aromatic rings. The molecule has 8 heteroatoms. The first-order valence-corrected chi connectivity index (χ1v) is 9.67. The van der Waals surface area contributed by atoms with E-state index in [9.17, 15) is 9.59 Å². The highest BCUT2D eigenvalue weighted by molar-refractivity contribution is 8.14. The molecule has 6 nitrogen and oxygen atoms in total. The van der Waals surface area contributed by atoms with Crippen LogP contribution in [0.15, 0.2) is 58.5 Å². The first kappa shape index (κ1) is 17.8. The summed E-state index contributed by atoms with van der Waals surface area (Å²) in [6, 6.07) is 14.0. The first-order valence-electron chi connectivity index (χ1n) is 8.31. The molecule has 2 aliphatic heterocycles. The van der Waals surface area contributed by atoms with E-state index in [1.165, 1.54) is 16.7 Å². The number of amidine groups is 2. The average Bonchev–Trinajstić information content (AvgIpc) is 2.95. The van der Waals surface area contributed by atoms with E-state index < -0.39 is 6.04 Å². The summed E-state index contributed by atoms with van der Waals surface area (Å²) in [5.74, 6) is 0.359. The molecule has 0 aromatic heterocycles. The SMILES string of the molecule is CC1N=C2c3ccccc3N=C(SCC(=O)Nc3cccc(Cl)c3)N2C1=O. The number of rotatable bonds is 3. The van der Waals surface area contributed by atoms with E-state index in [1.54, 1.807) is 31.2 Å². The summed E-state index contributed by atoms with van der Waals surface area (Å²) in [5, 5.41) is 3.80. The summed E-state index contributed by atoms with van der Waals surface area (Å²) in [7, 11) is 0. The van der Waals surface area contributed by atoms with Crippen molar-refractivity contribution in [2.45, 2.75) is 13.0 Å². The summed E-state index contributed by atoms with van der Waals surface area (Å²) >= 11 is 7.14. The minimum absolute atomic E-state index is 0.110. The minimum Gasteiger partial charge on any atom is -0.325 e. The molecule has 4 rings (SSSR count). The molecule has 0 saturated carbocycles. The highest BCUT2D eigenvalue weighted by Crippen LogP contribution is 2.33. The van der Waals surface area contributed by atoms with Crippen molar-refractivity contribution in [3.8, 4) is 0 Å². The van der Waals surface area contributed by atoms with Gasteiger partial charge in [0.05, 0.1) is 11.4 Å². The van der Waals surface area contributed by atoms with Crippen LogP contribution >= 0.6 is 23.4 Å². The quantitative estimate of drug-likeness (QED) is 0.856. The molecular weight excluding hydrogens is 384 g/mol. The van der Waals surface area contributed by atoms with Crippen LogP contribution in [0, 0.1) is 0 Å². The molecule has 0 saturated heterocycles. The summed E-state index contributed by atoms with van der Waals surface area (Å²) in [6.07, 6.45) is 0. The molecule has 2 aliphatic rings. The third kappa shape index (κ3) is 3.48. The second-order valence-corrected chi connectivity index (χ2v) is 7.44. The van der Waals surface area contributed by atoms with Crippen LogP contribution in [0.3, 0.4) is 0 Å². The zero-order chi connectivity index (χ0) is 19.0. The molecule has 0 bridgehead atoms. The van der Waals surface area contributed by atoms with E-state index in [4.69, 9.17) is 11.6 Å². The Hall–Kier alpha value is -2.64. The molecule has 0 radical (unpaired) electrons. The molecule has 27 heavy (non-hydrogen) atoms. The van der Waals surface area contributed by atoms with E-state index in [-0.39, 0.29) is 17.6 Å². The fourth-order valence-electron chi connectivity index (χ4n) is 2.87. The Morgan fingerprint density at radius 1 is 1.26 bits per heavy atom. The number of nitrogens with zero attached hydrogens (tertiary/aromatic N) is 3. The number of amides is 2. The monoisotopic (exact) mass is 398 g/mol. The molecule has 0 aliphatic carbocycles. The molecule has 1 N–H and O–H groups in total. The number of hydrogen-bond acceptors (Lipinski definition) is 5. The summed E-state index contributed by atoms with van der Waals surface area (Å²) in [5.41, 5.74) is 2.19. The zero-order valence-electron chi connectivity index (χ0n) is 14.3. The molecule has 2 aromatic carbocycles. The Bertz CT molecular complexity index is 1000. The van der Waals surface area contributed by atoms with E-state index in [1.807, 2.05) is 24.3 Å². The smallest absolute Gasteiger partial charge is 0.258 e. The molecule has 1 atom stereocenters. The van der Waals surface area contributed by atoms with Gasteiger partial charge < -0.3 is 5.32 Å². The second-order valence-electron chi connectivity index (χ2n) is 6.06. The van der Waals surface area contributed by atoms with Gasteiger partial charge in [0.15, 0.2) is 5.17 Å². The first-order chi connectivity index (χ1) is 13.0. The Labute approximate surface area is 165 Å². The molecule has 136 valence electrons. The predicted molar refractivity (Wildman–Crippen MR) is 109 cm³/mol. The lowest BCUT2D eigenvalue weighted by Gasteiger charge is -2.25. The van der Waals surface area contributed by atoms with Crippen LogP contribution in [0.2, 0.25) is 5.02 Å². The summed E-state index contributed by atoms with van der Waals surface area (Å²) < 4.78 is 0. The van der Waals surface area contributed by atoms with Gasteiger partial charge in [-0.15, -0.1) is 0 Å². The van der Waals surface area contributed by atoms with Gasteiger partial charge in [0.1, 0.15) is 11.9 Å². The fourth-order valence-corrected chi connectivity index (χ4v) is 3.86. The van der Waals surface area contributed by atoms with Gasteiger partial charge in [0.25, 0.3) is 5.91 Å². The van der Waals surface area contributed by atoms with Gasteiger partial charge in [-0.1, -0.05) is 41.6 Å². The number of benzene rings is 2. The van der Waals surface area contributed by atoms with E-state index in [0.717, 1.165) is 11.3 Å². The molecule has 2 amide bonds. The average molecular weight is 399 g/mol.